The smallest absolute Gasteiger partial charge is 0.320 e. The van der Waals surface area contributed by atoms with Gasteiger partial charge in [0.25, 0.3) is 0 Å². The summed E-state index contributed by atoms with van der Waals surface area (Å²) in [7, 11) is 2.20. The molecule has 72 valence electrons. The Hall–Kier alpha value is -0.123. The van der Waals surface area contributed by atoms with Gasteiger partial charge in [0, 0.05) is 14.2 Å². The highest BCUT2D eigenvalue weighted by molar-refractivity contribution is 6.44. The lowest BCUT2D eigenvalue weighted by Crippen LogP contribution is -2.18. The van der Waals surface area contributed by atoms with E-state index in [0.29, 0.717) is 0 Å². The number of rotatable bonds is 7. The van der Waals surface area contributed by atoms with Crippen molar-refractivity contribution in [1.82, 2.24) is 0 Å². The van der Waals surface area contributed by atoms with Crippen LogP contribution in [0.25, 0.3) is 0 Å². The lowest BCUT2D eigenvalue weighted by molar-refractivity contribution is 0.276. The van der Waals surface area contributed by atoms with Crippen molar-refractivity contribution in [3.63, 3.8) is 0 Å². The van der Waals surface area contributed by atoms with Crippen LogP contribution in [0.5, 0.6) is 0 Å². The highest BCUT2D eigenvalue weighted by Crippen LogP contribution is 2.03. The van der Waals surface area contributed by atoms with Gasteiger partial charge in [-0.2, -0.15) is 0 Å². The monoisotopic (exact) mass is 188 g/mol. The van der Waals surface area contributed by atoms with Gasteiger partial charge in [-0.3, -0.25) is 0 Å². The van der Waals surface area contributed by atoms with Crippen LogP contribution in [0.2, 0.25) is 6.04 Å². The van der Waals surface area contributed by atoms with E-state index in [1.807, 2.05) is 0 Å². The molecule has 3 heteroatoms. The molecule has 0 radical (unpaired) electrons. The molecule has 0 fully saturated rings. The summed E-state index contributed by atoms with van der Waals surface area (Å²) in [5.41, 5.74) is 0. The summed E-state index contributed by atoms with van der Waals surface area (Å²) >= 11 is 0. The predicted octanol–water partition coefficient (Wildman–Crippen LogP) is 2.25. The van der Waals surface area contributed by atoms with Crippen molar-refractivity contribution in [2.45, 2.75) is 32.2 Å². The van der Waals surface area contributed by atoms with E-state index < -0.39 is 9.28 Å². The van der Waals surface area contributed by atoms with E-state index in [9.17, 15) is 0 Å². The number of hydrogen-bond donors (Lipinski definition) is 0. The van der Waals surface area contributed by atoms with Gasteiger partial charge in [0.15, 0.2) is 0 Å². The quantitative estimate of drug-likeness (QED) is 0.346. The molecule has 0 heterocycles. The third-order valence-corrected chi connectivity index (χ3v) is 3.67. The third kappa shape index (κ3) is 6.58. The number of hydrogen-bond acceptors (Lipinski definition) is 2. The van der Waals surface area contributed by atoms with Crippen LogP contribution in [0.3, 0.4) is 0 Å². The van der Waals surface area contributed by atoms with Gasteiger partial charge in [0.1, 0.15) is 0 Å². The first kappa shape index (κ1) is 11.9. The Morgan fingerprint density at radius 1 is 1.17 bits per heavy atom. The zero-order valence-corrected chi connectivity index (χ0v) is 9.53. The first-order valence-electron chi connectivity index (χ1n) is 4.55. The molecule has 0 aliphatic heterocycles. The van der Waals surface area contributed by atoms with E-state index in [1.165, 1.54) is 6.42 Å². The van der Waals surface area contributed by atoms with Crippen LogP contribution >= 0.6 is 0 Å². The van der Waals surface area contributed by atoms with E-state index >= 15 is 0 Å². The van der Waals surface area contributed by atoms with Crippen LogP contribution in [0, 0.1) is 0 Å². The minimum Gasteiger partial charge on any atom is -0.400 e. The fraction of sp³-hybridized carbons (Fsp3) is 0.778. The molecule has 0 atom stereocenters. The molecule has 0 saturated heterocycles. The molecule has 0 aliphatic carbocycles. The second-order valence-corrected chi connectivity index (χ2v) is 5.09. The van der Waals surface area contributed by atoms with Crippen molar-refractivity contribution in [3.8, 4) is 0 Å². The van der Waals surface area contributed by atoms with E-state index in [2.05, 4.69) is 19.1 Å². The summed E-state index contributed by atoms with van der Waals surface area (Å²) in [6, 6.07) is 1.11. The molecule has 0 rings (SSSR count). The third-order valence-electron chi connectivity index (χ3n) is 1.74. The molecule has 0 aliphatic rings. The van der Waals surface area contributed by atoms with Crippen molar-refractivity contribution in [3.05, 3.63) is 12.2 Å². The van der Waals surface area contributed by atoms with Crippen LogP contribution in [0.1, 0.15) is 26.2 Å². The van der Waals surface area contributed by atoms with E-state index in [-0.39, 0.29) is 0 Å². The van der Waals surface area contributed by atoms with Gasteiger partial charge < -0.3 is 8.85 Å². The molecular weight excluding hydrogens is 168 g/mol. The second-order valence-electron chi connectivity index (χ2n) is 2.71. The Morgan fingerprint density at radius 2 is 1.83 bits per heavy atom. The summed E-state index contributed by atoms with van der Waals surface area (Å²) < 4.78 is 10.4. The minimum atomic E-state index is -1.28. The average molecular weight is 188 g/mol. The van der Waals surface area contributed by atoms with Gasteiger partial charge in [-0.1, -0.05) is 19.1 Å². The maximum atomic E-state index is 5.20. The van der Waals surface area contributed by atoms with Gasteiger partial charge in [-0.15, -0.1) is 0 Å². The van der Waals surface area contributed by atoms with E-state index in [1.54, 1.807) is 14.2 Å². The van der Waals surface area contributed by atoms with Gasteiger partial charge in [0.05, 0.1) is 0 Å². The molecule has 12 heavy (non-hydrogen) atoms. The standard InChI is InChI=1S/C9H20O2Si/c1-4-5-6-7-8-9-12(10-2)11-3/h5-6,12H,4,7-9H2,1-3H3. The molecule has 0 bridgehead atoms. The summed E-state index contributed by atoms with van der Waals surface area (Å²) in [6.45, 7) is 2.15. The van der Waals surface area contributed by atoms with Crippen molar-refractivity contribution < 1.29 is 8.85 Å². The Bertz CT molecular complexity index is 111. The maximum absolute atomic E-state index is 5.20. The Kier molecular flexibility index (Phi) is 8.88. The van der Waals surface area contributed by atoms with Gasteiger partial charge in [0.2, 0.25) is 0 Å². The number of allylic oxidation sites excluding steroid dienone is 2. The van der Waals surface area contributed by atoms with Crippen molar-refractivity contribution in [2.24, 2.45) is 0 Å². The Balaban J connectivity index is 3.23. The normalized spacial score (nSPS) is 11.7. The summed E-state index contributed by atoms with van der Waals surface area (Å²) in [5, 5.41) is 0. The highest BCUT2D eigenvalue weighted by Gasteiger charge is 2.06. The average Bonchev–Trinajstić information content (AvgIpc) is 2.11. The molecule has 0 saturated carbocycles. The van der Waals surface area contributed by atoms with Crippen LogP contribution in [-0.4, -0.2) is 23.5 Å². The summed E-state index contributed by atoms with van der Waals surface area (Å²) in [6.07, 6.45) is 7.92. The largest absolute Gasteiger partial charge is 0.400 e. The van der Waals surface area contributed by atoms with Crippen molar-refractivity contribution >= 4 is 9.28 Å². The molecule has 0 aromatic carbocycles. The topological polar surface area (TPSA) is 18.5 Å². The fourth-order valence-electron chi connectivity index (χ4n) is 1.02. The Labute approximate surface area is 77.4 Å². The summed E-state index contributed by atoms with van der Waals surface area (Å²) in [5.74, 6) is 0. The summed E-state index contributed by atoms with van der Waals surface area (Å²) in [4.78, 5) is 0. The SMILES string of the molecule is CCC=CCCC[SiH](OC)OC. The first-order valence-corrected chi connectivity index (χ1v) is 6.31. The zero-order chi connectivity index (χ0) is 9.23. The van der Waals surface area contributed by atoms with Crippen molar-refractivity contribution in [2.75, 3.05) is 14.2 Å². The Morgan fingerprint density at radius 3 is 2.33 bits per heavy atom. The van der Waals surface area contributed by atoms with Crippen LogP contribution in [-0.2, 0) is 8.85 Å². The van der Waals surface area contributed by atoms with Crippen molar-refractivity contribution in [1.29, 1.82) is 0 Å². The fourth-order valence-corrected chi connectivity index (χ4v) is 2.25. The van der Waals surface area contributed by atoms with Crippen LogP contribution in [0.15, 0.2) is 12.2 Å². The molecule has 0 aromatic rings. The van der Waals surface area contributed by atoms with Gasteiger partial charge in [-0.05, 0) is 25.3 Å². The lowest BCUT2D eigenvalue weighted by Gasteiger charge is -2.08. The van der Waals surface area contributed by atoms with Crippen LogP contribution < -0.4 is 0 Å². The first-order chi connectivity index (χ1) is 5.85. The maximum Gasteiger partial charge on any atom is 0.320 e. The molecule has 0 aromatic heterocycles. The molecule has 2 nitrogen and oxygen atoms in total. The van der Waals surface area contributed by atoms with E-state index in [0.717, 1.165) is 18.9 Å². The molecule has 0 N–H and O–H groups in total. The van der Waals surface area contributed by atoms with E-state index in [4.69, 9.17) is 8.85 Å². The van der Waals surface area contributed by atoms with Crippen LogP contribution in [0.4, 0.5) is 0 Å². The zero-order valence-electron chi connectivity index (χ0n) is 8.38. The second kappa shape index (κ2) is 8.97. The predicted molar refractivity (Wildman–Crippen MR) is 54.6 cm³/mol. The highest BCUT2D eigenvalue weighted by atomic mass is 28.3. The number of unbranched alkanes of at least 4 members (excludes halogenated alkanes) is 1. The molecule has 0 amide bonds. The minimum absolute atomic E-state index is 1.11. The van der Waals surface area contributed by atoms with Gasteiger partial charge >= 0.3 is 9.28 Å². The molecular formula is C9H20O2Si. The van der Waals surface area contributed by atoms with Gasteiger partial charge in [-0.25, -0.2) is 0 Å². The molecule has 0 unspecified atom stereocenters. The lowest BCUT2D eigenvalue weighted by atomic mass is 10.3. The molecule has 0 spiro atoms.